The van der Waals surface area contributed by atoms with Crippen LogP contribution in [0.5, 0.6) is 11.6 Å². The summed E-state index contributed by atoms with van der Waals surface area (Å²) in [6, 6.07) is 5.53. The van der Waals surface area contributed by atoms with E-state index in [1.165, 1.54) is 0 Å². The van der Waals surface area contributed by atoms with Gasteiger partial charge in [-0.1, -0.05) is 17.7 Å². The molecule has 0 aromatic carbocycles. The average molecular weight is 250 g/mol. The molecule has 0 amide bonds. The normalized spacial score (nSPS) is 10.2. The average Bonchev–Trinajstić information content (AvgIpc) is 2.32. The van der Waals surface area contributed by atoms with Crippen molar-refractivity contribution in [1.82, 2.24) is 15.3 Å². The lowest BCUT2D eigenvalue weighted by Gasteiger charge is -2.09. The molecule has 0 atom stereocenters. The highest BCUT2D eigenvalue weighted by molar-refractivity contribution is 6.30. The molecule has 2 aromatic rings. The third kappa shape index (κ3) is 3.15. The van der Waals surface area contributed by atoms with E-state index < -0.39 is 0 Å². The quantitative estimate of drug-likeness (QED) is 0.905. The van der Waals surface area contributed by atoms with Crippen LogP contribution in [0.25, 0.3) is 0 Å². The molecule has 5 heteroatoms. The molecule has 2 heterocycles. The number of ether oxygens (including phenoxy) is 1. The number of halogens is 1. The maximum absolute atomic E-state index is 5.84. The van der Waals surface area contributed by atoms with Crippen LogP contribution in [-0.4, -0.2) is 17.0 Å². The van der Waals surface area contributed by atoms with Crippen LogP contribution in [0.1, 0.15) is 5.56 Å². The first-order valence-electron chi connectivity index (χ1n) is 5.16. The predicted octanol–water partition coefficient (Wildman–Crippen LogP) is 2.64. The van der Waals surface area contributed by atoms with Crippen LogP contribution >= 0.6 is 11.6 Å². The van der Waals surface area contributed by atoms with E-state index in [1.807, 2.05) is 19.2 Å². The van der Waals surface area contributed by atoms with Gasteiger partial charge in [-0.25, -0.2) is 4.98 Å². The van der Waals surface area contributed by atoms with Gasteiger partial charge in [0.1, 0.15) is 5.75 Å². The molecule has 0 unspecified atom stereocenters. The molecule has 0 spiro atoms. The standard InChI is InChI=1S/C12H12ClN3O/c1-14-6-9-3-2-4-16-12(9)17-11-5-10(13)7-15-8-11/h2-5,7-8,14H,6H2,1H3. The number of pyridine rings is 2. The summed E-state index contributed by atoms with van der Waals surface area (Å²) in [6.07, 6.45) is 4.84. The van der Waals surface area contributed by atoms with Gasteiger partial charge in [-0.3, -0.25) is 4.98 Å². The second-order valence-corrected chi connectivity index (χ2v) is 3.88. The van der Waals surface area contributed by atoms with E-state index >= 15 is 0 Å². The summed E-state index contributed by atoms with van der Waals surface area (Å²) in [4.78, 5) is 8.14. The topological polar surface area (TPSA) is 47.0 Å². The molecule has 0 bridgehead atoms. The molecule has 0 radical (unpaired) electrons. The second-order valence-electron chi connectivity index (χ2n) is 3.44. The van der Waals surface area contributed by atoms with Crippen LogP contribution in [-0.2, 0) is 6.54 Å². The Hall–Kier alpha value is -1.65. The van der Waals surface area contributed by atoms with Gasteiger partial charge in [0, 0.05) is 30.6 Å². The Morgan fingerprint density at radius 2 is 2.29 bits per heavy atom. The Morgan fingerprint density at radius 1 is 1.41 bits per heavy atom. The number of nitrogens with zero attached hydrogens (tertiary/aromatic N) is 2. The fourth-order valence-corrected chi connectivity index (χ4v) is 1.56. The molecule has 0 saturated heterocycles. The van der Waals surface area contributed by atoms with Gasteiger partial charge in [-0.2, -0.15) is 0 Å². The summed E-state index contributed by atoms with van der Waals surface area (Å²) in [5, 5.41) is 3.60. The Morgan fingerprint density at radius 3 is 3.06 bits per heavy atom. The summed E-state index contributed by atoms with van der Waals surface area (Å²) >= 11 is 5.84. The fraction of sp³-hybridized carbons (Fsp3) is 0.167. The summed E-state index contributed by atoms with van der Waals surface area (Å²) in [5.74, 6) is 1.14. The molecule has 4 nitrogen and oxygen atoms in total. The number of rotatable bonds is 4. The minimum Gasteiger partial charge on any atom is -0.437 e. The molecule has 88 valence electrons. The van der Waals surface area contributed by atoms with Crippen molar-refractivity contribution in [1.29, 1.82) is 0 Å². The maximum atomic E-state index is 5.84. The predicted molar refractivity (Wildman–Crippen MR) is 66.3 cm³/mol. The minimum absolute atomic E-state index is 0.536. The largest absolute Gasteiger partial charge is 0.437 e. The first-order chi connectivity index (χ1) is 8.29. The van der Waals surface area contributed by atoms with E-state index in [-0.39, 0.29) is 0 Å². The summed E-state index contributed by atoms with van der Waals surface area (Å²) in [5.41, 5.74) is 0.981. The molecule has 0 saturated carbocycles. The lowest BCUT2D eigenvalue weighted by molar-refractivity contribution is 0.452. The van der Waals surface area contributed by atoms with Crippen molar-refractivity contribution in [3.05, 3.63) is 47.4 Å². The van der Waals surface area contributed by atoms with Crippen LogP contribution in [0.4, 0.5) is 0 Å². The maximum Gasteiger partial charge on any atom is 0.223 e. The van der Waals surface area contributed by atoms with Gasteiger partial charge in [-0.05, 0) is 13.1 Å². The third-order valence-electron chi connectivity index (χ3n) is 2.11. The second kappa shape index (κ2) is 5.61. The molecule has 0 aliphatic rings. The van der Waals surface area contributed by atoms with E-state index in [4.69, 9.17) is 16.3 Å². The van der Waals surface area contributed by atoms with E-state index in [2.05, 4.69) is 15.3 Å². The molecule has 2 aromatic heterocycles. The van der Waals surface area contributed by atoms with Crippen LogP contribution < -0.4 is 10.1 Å². The van der Waals surface area contributed by atoms with E-state index in [1.54, 1.807) is 24.7 Å². The molecule has 1 N–H and O–H groups in total. The monoisotopic (exact) mass is 249 g/mol. The Balaban J connectivity index is 2.23. The Kier molecular flexibility index (Phi) is 3.90. The number of aromatic nitrogens is 2. The summed E-state index contributed by atoms with van der Waals surface area (Å²) in [6.45, 7) is 0.692. The van der Waals surface area contributed by atoms with E-state index in [0.717, 1.165) is 5.56 Å². The highest BCUT2D eigenvalue weighted by atomic mass is 35.5. The van der Waals surface area contributed by atoms with Crippen molar-refractivity contribution >= 4 is 11.6 Å². The number of hydrogen-bond donors (Lipinski definition) is 1. The van der Waals surface area contributed by atoms with Gasteiger partial charge in [0.05, 0.1) is 11.2 Å². The summed E-state index contributed by atoms with van der Waals surface area (Å²) in [7, 11) is 1.87. The Bertz CT molecular complexity index is 505. The van der Waals surface area contributed by atoms with Crippen LogP contribution in [0.3, 0.4) is 0 Å². The zero-order valence-electron chi connectivity index (χ0n) is 9.35. The van der Waals surface area contributed by atoms with Gasteiger partial charge < -0.3 is 10.1 Å². The van der Waals surface area contributed by atoms with Gasteiger partial charge >= 0.3 is 0 Å². The highest BCUT2D eigenvalue weighted by Gasteiger charge is 2.05. The van der Waals surface area contributed by atoms with Gasteiger partial charge in [0.15, 0.2) is 0 Å². The summed E-state index contributed by atoms with van der Waals surface area (Å²) < 4.78 is 5.64. The lowest BCUT2D eigenvalue weighted by atomic mass is 10.2. The molecule has 0 aliphatic carbocycles. The first-order valence-corrected chi connectivity index (χ1v) is 5.54. The molecule has 0 fully saturated rings. The van der Waals surface area contributed by atoms with Crippen molar-refractivity contribution in [2.24, 2.45) is 0 Å². The lowest BCUT2D eigenvalue weighted by Crippen LogP contribution is -2.07. The van der Waals surface area contributed by atoms with Crippen molar-refractivity contribution < 1.29 is 4.74 Å². The smallest absolute Gasteiger partial charge is 0.223 e. The molecular weight excluding hydrogens is 238 g/mol. The van der Waals surface area contributed by atoms with Crippen molar-refractivity contribution in [3.63, 3.8) is 0 Å². The minimum atomic E-state index is 0.536. The van der Waals surface area contributed by atoms with E-state index in [0.29, 0.717) is 23.2 Å². The highest BCUT2D eigenvalue weighted by Crippen LogP contribution is 2.23. The van der Waals surface area contributed by atoms with Gasteiger partial charge in [0.2, 0.25) is 5.88 Å². The van der Waals surface area contributed by atoms with Crippen LogP contribution in [0, 0.1) is 0 Å². The zero-order chi connectivity index (χ0) is 12.1. The van der Waals surface area contributed by atoms with Crippen LogP contribution in [0.15, 0.2) is 36.8 Å². The van der Waals surface area contributed by atoms with Gasteiger partial charge in [-0.15, -0.1) is 0 Å². The SMILES string of the molecule is CNCc1cccnc1Oc1cncc(Cl)c1. The molecule has 17 heavy (non-hydrogen) atoms. The van der Waals surface area contributed by atoms with Crippen LogP contribution in [0.2, 0.25) is 5.02 Å². The van der Waals surface area contributed by atoms with Gasteiger partial charge in [0.25, 0.3) is 0 Å². The Labute approximate surface area is 105 Å². The van der Waals surface area contributed by atoms with E-state index in [9.17, 15) is 0 Å². The third-order valence-corrected chi connectivity index (χ3v) is 2.32. The molecule has 0 aliphatic heterocycles. The number of nitrogens with one attached hydrogen (secondary N) is 1. The molecule has 2 rings (SSSR count). The first kappa shape index (κ1) is 11.8. The fourth-order valence-electron chi connectivity index (χ4n) is 1.40. The van der Waals surface area contributed by atoms with Crippen molar-refractivity contribution in [2.75, 3.05) is 7.05 Å². The molecular formula is C12H12ClN3O. The number of hydrogen-bond acceptors (Lipinski definition) is 4. The van der Waals surface area contributed by atoms with Crippen molar-refractivity contribution in [3.8, 4) is 11.6 Å². The van der Waals surface area contributed by atoms with Crippen molar-refractivity contribution in [2.45, 2.75) is 6.54 Å². The zero-order valence-corrected chi connectivity index (χ0v) is 10.1.